The van der Waals surface area contributed by atoms with E-state index in [4.69, 9.17) is 10.5 Å². The second-order valence-electron chi connectivity index (χ2n) is 3.53. The van der Waals surface area contributed by atoms with Crippen LogP contribution in [0.1, 0.15) is 37.4 Å². The summed E-state index contributed by atoms with van der Waals surface area (Å²) in [5, 5.41) is 0. The summed E-state index contributed by atoms with van der Waals surface area (Å²) in [4.78, 5) is 0. The topological polar surface area (TPSA) is 35.2 Å². The van der Waals surface area contributed by atoms with E-state index >= 15 is 0 Å². The third kappa shape index (κ3) is 2.82. The maximum Gasteiger partial charge on any atom is 0.0721 e. The Labute approximate surface area is 86.1 Å². The summed E-state index contributed by atoms with van der Waals surface area (Å²) in [5.74, 6) is 0. The van der Waals surface area contributed by atoms with Crippen LogP contribution in [0, 0.1) is 0 Å². The number of nitrogens with two attached hydrogens (primary N) is 1. The highest BCUT2D eigenvalue weighted by Crippen LogP contribution is 2.21. The molecule has 0 aliphatic carbocycles. The van der Waals surface area contributed by atoms with Crippen molar-refractivity contribution in [3.8, 4) is 0 Å². The zero-order chi connectivity index (χ0) is 10.4. The van der Waals surface area contributed by atoms with Gasteiger partial charge in [-0.3, -0.25) is 0 Å². The van der Waals surface area contributed by atoms with Crippen LogP contribution < -0.4 is 5.73 Å². The van der Waals surface area contributed by atoms with Crippen LogP contribution in [-0.2, 0) is 11.3 Å². The number of fused-ring (bicyclic) bond motifs is 1. The molecule has 0 fully saturated rings. The van der Waals surface area contributed by atoms with E-state index in [-0.39, 0.29) is 6.04 Å². The molecular weight excluding hydrogens is 174 g/mol. The van der Waals surface area contributed by atoms with Crippen LogP contribution >= 0.6 is 0 Å². The first kappa shape index (κ1) is 11.2. The van der Waals surface area contributed by atoms with Gasteiger partial charge in [0, 0.05) is 0 Å². The molecule has 1 atom stereocenters. The first-order chi connectivity index (χ1) is 6.79. The summed E-state index contributed by atoms with van der Waals surface area (Å²) < 4.78 is 5.28. The smallest absolute Gasteiger partial charge is 0.0721 e. The maximum absolute atomic E-state index is 5.82. The van der Waals surface area contributed by atoms with Crippen molar-refractivity contribution in [1.29, 1.82) is 0 Å². The lowest BCUT2D eigenvalue weighted by Crippen LogP contribution is -2.23. The molecule has 2 N–H and O–H groups in total. The maximum atomic E-state index is 5.82. The summed E-state index contributed by atoms with van der Waals surface area (Å²) in [7, 11) is 0. The Balaban J connectivity index is 0.000000293. The van der Waals surface area contributed by atoms with Gasteiger partial charge in [-0.05, 0) is 11.1 Å². The standard InChI is InChI=1S/C9H11NO.C3H8/c10-9-6-11-5-7-3-1-2-4-8(7)9;1-3-2/h1-4,9H,5-6,10H2;3H2,1-2H3/t9-;/m1./s1. The summed E-state index contributed by atoms with van der Waals surface area (Å²) in [6.45, 7) is 5.61. The fourth-order valence-electron chi connectivity index (χ4n) is 1.41. The predicted octanol–water partition coefficient (Wildman–Crippen LogP) is 2.63. The minimum atomic E-state index is 0.0694. The molecule has 14 heavy (non-hydrogen) atoms. The van der Waals surface area contributed by atoms with Crippen molar-refractivity contribution in [2.75, 3.05) is 6.61 Å². The van der Waals surface area contributed by atoms with Crippen LogP contribution in [0.2, 0.25) is 0 Å². The molecule has 0 saturated heterocycles. The Bertz CT molecular complexity index is 273. The fourth-order valence-corrected chi connectivity index (χ4v) is 1.41. The first-order valence-electron chi connectivity index (χ1n) is 5.20. The van der Waals surface area contributed by atoms with Crippen molar-refractivity contribution in [3.05, 3.63) is 35.4 Å². The van der Waals surface area contributed by atoms with Crippen molar-refractivity contribution in [2.45, 2.75) is 32.9 Å². The van der Waals surface area contributed by atoms with Gasteiger partial charge in [0.15, 0.2) is 0 Å². The molecule has 78 valence electrons. The average Bonchev–Trinajstić information content (AvgIpc) is 2.20. The molecule has 0 unspecified atom stereocenters. The lowest BCUT2D eigenvalue weighted by atomic mass is 10.0. The number of benzene rings is 1. The minimum Gasteiger partial charge on any atom is -0.375 e. The molecule has 2 rings (SSSR count). The molecule has 0 aromatic heterocycles. The van der Waals surface area contributed by atoms with Gasteiger partial charge in [-0.2, -0.15) is 0 Å². The van der Waals surface area contributed by atoms with Crippen LogP contribution in [0.4, 0.5) is 0 Å². The molecule has 1 aromatic rings. The Hall–Kier alpha value is -0.860. The molecule has 1 heterocycles. The quantitative estimate of drug-likeness (QED) is 0.687. The van der Waals surface area contributed by atoms with Crippen molar-refractivity contribution >= 4 is 0 Å². The van der Waals surface area contributed by atoms with Gasteiger partial charge in [0.1, 0.15) is 0 Å². The average molecular weight is 193 g/mol. The zero-order valence-corrected chi connectivity index (χ0v) is 8.99. The van der Waals surface area contributed by atoms with Gasteiger partial charge < -0.3 is 10.5 Å². The molecule has 0 saturated carbocycles. The number of ether oxygens (including phenoxy) is 1. The second kappa shape index (κ2) is 5.78. The van der Waals surface area contributed by atoms with E-state index in [1.807, 2.05) is 12.1 Å². The van der Waals surface area contributed by atoms with E-state index in [1.165, 1.54) is 17.5 Å². The SMILES string of the molecule is CCC.N[C@@H]1COCc2ccccc21. The second-order valence-corrected chi connectivity index (χ2v) is 3.53. The Kier molecular flexibility index (Phi) is 4.63. The Morgan fingerprint density at radius 1 is 1.36 bits per heavy atom. The van der Waals surface area contributed by atoms with E-state index < -0.39 is 0 Å². The molecule has 0 spiro atoms. The van der Waals surface area contributed by atoms with Crippen molar-refractivity contribution < 1.29 is 4.74 Å². The molecule has 0 amide bonds. The molecular formula is C12H19NO. The lowest BCUT2D eigenvalue weighted by molar-refractivity contribution is 0.0924. The van der Waals surface area contributed by atoms with Gasteiger partial charge in [-0.15, -0.1) is 0 Å². The normalized spacial score (nSPS) is 19.2. The van der Waals surface area contributed by atoms with Crippen LogP contribution in [0.25, 0.3) is 0 Å². The van der Waals surface area contributed by atoms with Gasteiger partial charge in [-0.25, -0.2) is 0 Å². The van der Waals surface area contributed by atoms with Gasteiger partial charge in [0.05, 0.1) is 19.3 Å². The highest BCUT2D eigenvalue weighted by molar-refractivity contribution is 5.30. The van der Waals surface area contributed by atoms with Crippen LogP contribution in [0.3, 0.4) is 0 Å². The van der Waals surface area contributed by atoms with Crippen LogP contribution in [0.15, 0.2) is 24.3 Å². The predicted molar refractivity (Wildman–Crippen MR) is 59.0 cm³/mol. The molecule has 0 bridgehead atoms. The van der Waals surface area contributed by atoms with E-state index in [2.05, 4.69) is 26.0 Å². The molecule has 1 aliphatic heterocycles. The van der Waals surface area contributed by atoms with E-state index in [1.54, 1.807) is 0 Å². The van der Waals surface area contributed by atoms with Crippen LogP contribution in [0.5, 0.6) is 0 Å². The molecule has 1 aliphatic rings. The minimum absolute atomic E-state index is 0.0694. The molecule has 0 radical (unpaired) electrons. The number of rotatable bonds is 0. The Morgan fingerprint density at radius 3 is 2.64 bits per heavy atom. The van der Waals surface area contributed by atoms with Gasteiger partial charge >= 0.3 is 0 Å². The monoisotopic (exact) mass is 193 g/mol. The third-order valence-electron chi connectivity index (χ3n) is 2.01. The largest absolute Gasteiger partial charge is 0.375 e. The van der Waals surface area contributed by atoms with E-state index in [0.717, 1.165) is 0 Å². The summed E-state index contributed by atoms with van der Waals surface area (Å²) in [6, 6.07) is 8.24. The highest BCUT2D eigenvalue weighted by Gasteiger charge is 2.15. The summed E-state index contributed by atoms with van der Waals surface area (Å²) in [5.41, 5.74) is 8.28. The first-order valence-corrected chi connectivity index (χ1v) is 5.20. The van der Waals surface area contributed by atoms with Crippen molar-refractivity contribution in [1.82, 2.24) is 0 Å². The molecule has 2 nitrogen and oxygen atoms in total. The highest BCUT2D eigenvalue weighted by atomic mass is 16.5. The van der Waals surface area contributed by atoms with Crippen LogP contribution in [-0.4, -0.2) is 6.61 Å². The summed E-state index contributed by atoms with van der Waals surface area (Å²) >= 11 is 0. The van der Waals surface area contributed by atoms with Gasteiger partial charge in [-0.1, -0.05) is 44.5 Å². The van der Waals surface area contributed by atoms with E-state index in [9.17, 15) is 0 Å². The van der Waals surface area contributed by atoms with Gasteiger partial charge in [0.25, 0.3) is 0 Å². The summed E-state index contributed by atoms with van der Waals surface area (Å²) in [6.07, 6.45) is 1.25. The van der Waals surface area contributed by atoms with Crippen molar-refractivity contribution in [2.24, 2.45) is 5.73 Å². The van der Waals surface area contributed by atoms with Crippen molar-refractivity contribution in [3.63, 3.8) is 0 Å². The third-order valence-corrected chi connectivity index (χ3v) is 2.01. The van der Waals surface area contributed by atoms with Gasteiger partial charge in [0.2, 0.25) is 0 Å². The number of hydrogen-bond acceptors (Lipinski definition) is 2. The Morgan fingerprint density at radius 2 is 2.00 bits per heavy atom. The molecule has 2 heteroatoms. The molecule has 1 aromatic carbocycles. The van der Waals surface area contributed by atoms with E-state index in [0.29, 0.717) is 13.2 Å². The fraction of sp³-hybridized carbons (Fsp3) is 0.500. The lowest BCUT2D eigenvalue weighted by Gasteiger charge is -2.21. The zero-order valence-electron chi connectivity index (χ0n) is 8.99. The number of hydrogen-bond donors (Lipinski definition) is 1.